The Balaban J connectivity index is 2.03. The highest BCUT2D eigenvalue weighted by molar-refractivity contribution is 5.30. The Morgan fingerprint density at radius 2 is 2.40 bits per heavy atom. The Labute approximate surface area is 87.8 Å². The second-order valence-corrected chi connectivity index (χ2v) is 3.69. The minimum absolute atomic E-state index is 0.189. The van der Waals surface area contributed by atoms with Crippen LogP contribution < -0.4 is 5.32 Å². The molecule has 1 aliphatic rings. The lowest BCUT2D eigenvalue weighted by Gasteiger charge is -2.22. The maximum absolute atomic E-state index is 4.37. The Hall–Kier alpha value is -1.68. The second kappa shape index (κ2) is 3.47. The van der Waals surface area contributed by atoms with Crippen LogP contribution in [-0.4, -0.2) is 21.5 Å². The smallest absolute Gasteiger partial charge is 0.0926 e. The van der Waals surface area contributed by atoms with Gasteiger partial charge in [-0.2, -0.15) is 0 Å². The molecule has 2 aromatic rings. The zero-order chi connectivity index (χ0) is 10.1. The van der Waals surface area contributed by atoms with Crippen LogP contribution >= 0.6 is 0 Å². The number of aromatic amines is 1. The molecule has 2 aromatic heterocycles. The average Bonchev–Trinajstić information content (AvgIpc) is 2.78. The number of hydrogen-bond donors (Lipinski definition) is 2. The molecule has 0 aliphatic carbocycles. The fourth-order valence-corrected chi connectivity index (χ4v) is 2.04. The number of fused-ring (bicyclic) bond motifs is 1. The largest absolute Gasteiger partial charge is 0.348 e. The average molecular weight is 200 g/mol. The summed E-state index contributed by atoms with van der Waals surface area (Å²) in [6.07, 6.45) is 6.46. The zero-order valence-electron chi connectivity index (χ0n) is 8.27. The Kier molecular flexibility index (Phi) is 1.99. The number of H-pyrrole nitrogens is 1. The van der Waals surface area contributed by atoms with Crippen molar-refractivity contribution in [2.45, 2.75) is 12.5 Å². The van der Waals surface area contributed by atoms with E-state index >= 15 is 0 Å². The Morgan fingerprint density at radius 3 is 3.27 bits per heavy atom. The van der Waals surface area contributed by atoms with Gasteiger partial charge < -0.3 is 10.3 Å². The number of pyridine rings is 1. The maximum atomic E-state index is 4.37. The van der Waals surface area contributed by atoms with Crippen molar-refractivity contribution < 1.29 is 0 Å². The molecule has 3 rings (SSSR count). The lowest BCUT2D eigenvalue weighted by atomic mass is 10.00. The predicted octanol–water partition coefficient (Wildman–Crippen LogP) is 1.04. The van der Waals surface area contributed by atoms with Gasteiger partial charge in [0.2, 0.25) is 0 Å². The summed E-state index contributed by atoms with van der Waals surface area (Å²) in [5, 5.41) is 3.46. The fourth-order valence-electron chi connectivity index (χ4n) is 2.04. The van der Waals surface area contributed by atoms with E-state index in [2.05, 4.69) is 26.3 Å². The van der Waals surface area contributed by atoms with Crippen molar-refractivity contribution in [1.82, 2.24) is 20.3 Å². The molecule has 2 N–H and O–H groups in total. The van der Waals surface area contributed by atoms with E-state index in [1.807, 2.05) is 12.3 Å². The van der Waals surface area contributed by atoms with Crippen molar-refractivity contribution in [3.05, 3.63) is 47.8 Å². The third-order valence-corrected chi connectivity index (χ3v) is 2.77. The van der Waals surface area contributed by atoms with E-state index in [1.165, 1.54) is 11.3 Å². The maximum Gasteiger partial charge on any atom is 0.0926 e. The van der Waals surface area contributed by atoms with Crippen LogP contribution in [0, 0.1) is 0 Å². The Bertz CT molecular complexity index is 449. The van der Waals surface area contributed by atoms with Crippen LogP contribution in [0.1, 0.15) is 23.0 Å². The molecule has 0 saturated heterocycles. The highest BCUT2D eigenvalue weighted by atomic mass is 15.0. The highest BCUT2D eigenvalue weighted by Crippen LogP contribution is 2.25. The molecule has 0 aromatic carbocycles. The standard InChI is InChI=1S/C11H12N4/c1-2-8(6-12-4-1)10-11-9(3-5-13-10)14-7-15-11/h1-2,4,6-7,10,13H,3,5H2,(H,14,15)/t10-/m0/s1. The lowest BCUT2D eigenvalue weighted by molar-refractivity contribution is 0.552. The van der Waals surface area contributed by atoms with Crippen LogP contribution in [0.2, 0.25) is 0 Å². The summed E-state index contributed by atoms with van der Waals surface area (Å²) >= 11 is 0. The van der Waals surface area contributed by atoms with E-state index < -0.39 is 0 Å². The van der Waals surface area contributed by atoms with Crippen LogP contribution in [0.4, 0.5) is 0 Å². The first-order chi connectivity index (χ1) is 7.45. The molecule has 0 unspecified atom stereocenters. The molecule has 0 saturated carbocycles. The molecule has 15 heavy (non-hydrogen) atoms. The number of hydrogen-bond acceptors (Lipinski definition) is 3. The van der Waals surface area contributed by atoms with Crippen molar-refractivity contribution in [1.29, 1.82) is 0 Å². The van der Waals surface area contributed by atoms with Gasteiger partial charge in [-0.1, -0.05) is 6.07 Å². The minimum atomic E-state index is 0.189. The molecule has 4 nitrogen and oxygen atoms in total. The van der Waals surface area contributed by atoms with E-state index in [-0.39, 0.29) is 6.04 Å². The molecule has 0 bridgehead atoms. The molecular formula is C11H12N4. The molecule has 4 heteroatoms. The van der Waals surface area contributed by atoms with Crippen molar-refractivity contribution in [3.8, 4) is 0 Å². The normalized spacial score (nSPS) is 19.9. The number of imidazole rings is 1. The summed E-state index contributed by atoms with van der Waals surface area (Å²) in [5.41, 5.74) is 3.52. The van der Waals surface area contributed by atoms with E-state index in [0.29, 0.717) is 0 Å². The first kappa shape index (κ1) is 8.61. The molecule has 0 fully saturated rings. The minimum Gasteiger partial charge on any atom is -0.348 e. The quantitative estimate of drug-likeness (QED) is 0.723. The van der Waals surface area contributed by atoms with Gasteiger partial charge in [-0.05, 0) is 11.6 Å². The third-order valence-electron chi connectivity index (χ3n) is 2.77. The molecule has 3 heterocycles. The van der Waals surface area contributed by atoms with E-state index in [9.17, 15) is 0 Å². The van der Waals surface area contributed by atoms with Gasteiger partial charge in [-0.25, -0.2) is 4.98 Å². The topological polar surface area (TPSA) is 53.6 Å². The van der Waals surface area contributed by atoms with Crippen LogP contribution in [0.25, 0.3) is 0 Å². The molecular weight excluding hydrogens is 188 g/mol. The fraction of sp³-hybridized carbons (Fsp3) is 0.273. The van der Waals surface area contributed by atoms with Crippen molar-refractivity contribution >= 4 is 0 Å². The van der Waals surface area contributed by atoms with Gasteiger partial charge in [0.1, 0.15) is 0 Å². The molecule has 0 amide bonds. The van der Waals surface area contributed by atoms with Gasteiger partial charge >= 0.3 is 0 Å². The lowest BCUT2D eigenvalue weighted by Crippen LogP contribution is -2.30. The first-order valence-corrected chi connectivity index (χ1v) is 5.10. The molecule has 0 radical (unpaired) electrons. The number of nitrogens with one attached hydrogen (secondary N) is 2. The first-order valence-electron chi connectivity index (χ1n) is 5.10. The van der Waals surface area contributed by atoms with Gasteiger partial charge in [-0.15, -0.1) is 0 Å². The third kappa shape index (κ3) is 1.43. The van der Waals surface area contributed by atoms with Gasteiger partial charge in [0.05, 0.1) is 18.1 Å². The summed E-state index contributed by atoms with van der Waals surface area (Å²) in [6, 6.07) is 4.22. The number of aromatic nitrogens is 3. The summed E-state index contributed by atoms with van der Waals surface area (Å²) in [6.45, 7) is 0.981. The van der Waals surface area contributed by atoms with Crippen molar-refractivity contribution in [2.75, 3.05) is 6.54 Å². The number of rotatable bonds is 1. The van der Waals surface area contributed by atoms with Crippen molar-refractivity contribution in [2.24, 2.45) is 0 Å². The van der Waals surface area contributed by atoms with Crippen molar-refractivity contribution in [3.63, 3.8) is 0 Å². The zero-order valence-corrected chi connectivity index (χ0v) is 8.27. The van der Waals surface area contributed by atoms with Crippen LogP contribution in [0.3, 0.4) is 0 Å². The summed E-state index contributed by atoms with van der Waals surface area (Å²) in [5.74, 6) is 0. The SMILES string of the molecule is c1cncc([C@@H]2NCCc3[nH]cnc32)c1. The van der Waals surface area contributed by atoms with Gasteiger partial charge in [0, 0.05) is 31.1 Å². The summed E-state index contributed by atoms with van der Waals surface area (Å²) in [7, 11) is 0. The molecule has 1 atom stereocenters. The molecule has 0 spiro atoms. The Morgan fingerprint density at radius 1 is 1.40 bits per heavy atom. The number of nitrogens with zero attached hydrogens (tertiary/aromatic N) is 2. The molecule has 76 valence electrons. The summed E-state index contributed by atoms with van der Waals surface area (Å²) in [4.78, 5) is 11.7. The highest BCUT2D eigenvalue weighted by Gasteiger charge is 2.23. The predicted molar refractivity (Wildman–Crippen MR) is 56.4 cm³/mol. The van der Waals surface area contributed by atoms with E-state index in [0.717, 1.165) is 18.7 Å². The summed E-state index contributed by atoms with van der Waals surface area (Å²) < 4.78 is 0. The second-order valence-electron chi connectivity index (χ2n) is 3.69. The van der Waals surface area contributed by atoms with Gasteiger partial charge in [-0.3, -0.25) is 4.98 Å². The molecule has 1 aliphatic heterocycles. The van der Waals surface area contributed by atoms with Crippen LogP contribution in [0.15, 0.2) is 30.9 Å². The monoisotopic (exact) mass is 200 g/mol. The van der Waals surface area contributed by atoms with E-state index in [1.54, 1.807) is 12.5 Å². The van der Waals surface area contributed by atoms with Gasteiger partial charge in [0.25, 0.3) is 0 Å². The van der Waals surface area contributed by atoms with Gasteiger partial charge in [0.15, 0.2) is 0 Å². The van der Waals surface area contributed by atoms with Crippen LogP contribution in [0.5, 0.6) is 0 Å². The van der Waals surface area contributed by atoms with E-state index in [4.69, 9.17) is 0 Å². The van der Waals surface area contributed by atoms with Crippen LogP contribution in [-0.2, 0) is 6.42 Å².